The first kappa shape index (κ1) is 13.4. The number of rotatable bonds is 3. The molecule has 0 aliphatic heterocycles. The van der Waals surface area contributed by atoms with E-state index in [1.165, 1.54) is 18.1 Å². The first-order chi connectivity index (χ1) is 9.06. The van der Waals surface area contributed by atoms with E-state index in [-0.39, 0.29) is 6.04 Å². The number of hydrogen-bond acceptors (Lipinski definition) is 2. The number of fused-ring (bicyclic) bond motifs is 1. The lowest BCUT2D eigenvalue weighted by Crippen LogP contribution is -2.49. The van der Waals surface area contributed by atoms with Gasteiger partial charge >= 0.3 is 12.0 Å². The van der Waals surface area contributed by atoms with Crippen LogP contribution >= 0.6 is 0 Å². The number of carboxylic acid groups (broad SMARTS) is 1. The monoisotopic (exact) mass is 262 g/mol. The Kier molecular flexibility index (Phi) is 4.04. The Labute approximate surface area is 112 Å². The van der Waals surface area contributed by atoms with Crippen LogP contribution in [0.15, 0.2) is 24.3 Å². The molecule has 19 heavy (non-hydrogen) atoms. The molecule has 2 amide bonds. The second-order valence-corrected chi connectivity index (χ2v) is 4.89. The van der Waals surface area contributed by atoms with Crippen LogP contribution in [0.4, 0.5) is 4.79 Å². The number of nitrogens with one attached hydrogen (secondary N) is 2. The fourth-order valence-electron chi connectivity index (χ4n) is 2.31. The normalized spacial score (nSPS) is 19.1. The molecule has 0 spiro atoms. The van der Waals surface area contributed by atoms with E-state index < -0.39 is 18.0 Å². The molecule has 0 bridgehead atoms. The molecular formula is C14H18N2O3. The van der Waals surface area contributed by atoms with Crippen molar-refractivity contribution in [1.82, 2.24) is 10.6 Å². The van der Waals surface area contributed by atoms with Crippen molar-refractivity contribution < 1.29 is 14.7 Å². The summed E-state index contributed by atoms with van der Waals surface area (Å²) in [5.74, 6) is -1.04. The standard InChI is InChI=1S/C14H18N2O3/c1-9(13(17)18)15-14(19)16-12-7-6-10-4-2-3-5-11(10)8-12/h2-5,9,12H,6-8H2,1H3,(H,17,18)(H2,15,16,19). The molecule has 5 nitrogen and oxygen atoms in total. The van der Waals surface area contributed by atoms with Gasteiger partial charge in [0.1, 0.15) is 6.04 Å². The summed E-state index contributed by atoms with van der Waals surface area (Å²) < 4.78 is 0. The molecule has 2 unspecified atom stereocenters. The van der Waals surface area contributed by atoms with Crippen molar-refractivity contribution in [2.75, 3.05) is 0 Å². The SMILES string of the molecule is CC(NC(=O)NC1CCc2ccccc2C1)C(=O)O. The van der Waals surface area contributed by atoms with E-state index in [2.05, 4.69) is 22.8 Å². The van der Waals surface area contributed by atoms with Crippen molar-refractivity contribution in [3.8, 4) is 0 Å². The fourth-order valence-corrected chi connectivity index (χ4v) is 2.31. The number of urea groups is 1. The quantitative estimate of drug-likeness (QED) is 0.768. The smallest absolute Gasteiger partial charge is 0.325 e. The minimum atomic E-state index is -1.04. The number of benzene rings is 1. The minimum absolute atomic E-state index is 0.0656. The van der Waals surface area contributed by atoms with Gasteiger partial charge in [-0.15, -0.1) is 0 Å². The van der Waals surface area contributed by atoms with Gasteiger partial charge in [0.15, 0.2) is 0 Å². The lowest BCUT2D eigenvalue weighted by molar-refractivity contribution is -0.138. The Morgan fingerprint density at radius 1 is 1.32 bits per heavy atom. The van der Waals surface area contributed by atoms with E-state index in [1.807, 2.05) is 12.1 Å². The van der Waals surface area contributed by atoms with Crippen molar-refractivity contribution in [3.63, 3.8) is 0 Å². The van der Waals surface area contributed by atoms with Crippen molar-refractivity contribution in [2.24, 2.45) is 0 Å². The molecule has 0 radical (unpaired) electrons. The van der Waals surface area contributed by atoms with E-state index in [0.717, 1.165) is 19.3 Å². The maximum Gasteiger partial charge on any atom is 0.325 e. The predicted molar refractivity (Wildman–Crippen MR) is 71.0 cm³/mol. The summed E-state index contributed by atoms with van der Waals surface area (Å²) in [6, 6.07) is 6.96. The lowest BCUT2D eigenvalue weighted by atomic mass is 9.88. The van der Waals surface area contributed by atoms with E-state index in [0.29, 0.717) is 0 Å². The Balaban J connectivity index is 1.88. The van der Waals surface area contributed by atoms with Gasteiger partial charge in [-0.05, 0) is 37.3 Å². The molecule has 1 aliphatic carbocycles. The molecule has 2 rings (SSSR count). The Bertz CT molecular complexity index is 487. The largest absolute Gasteiger partial charge is 0.480 e. The Morgan fingerprint density at radius 3 is 2.68 bits per heavy atom. The van der Waals surface area contributed by atoms with Crippen molar-refractivity contribution in [1.29, 1.82) is 0 Å². The summed E-state index contributed by atoms with van der Waals surface area (Å²) in [5.41, 5.74) is 2.59. The molecule has 0 saturated carbocycles. The zero-order valence-electron chi connectivity index (χ0n) is 10.8. The maximum atomic E-state index is 11.7. The topological polar surface area (TPSA) is 78.4 Å². The fraction of sp³-hybridized carbons (Fsp3) is 0.429. The second-order valence-electron chi connectivity index (χ2n) is 4.89. The summed E-state index contributed by atoms with van der Waals surface area (Å²) in [4.78, 5) is 22.3. The molecule has 2 atom stereocenters. The van der Waals surface area contributed by atoms with Crippen LogP contribution in [0.3, 0.4) is 0 Å². The van der Waals surface area contributed by atoms with Crippen molar-refractivity contribution in [2.45, 2.75) is 38.3 Å². The first-order valence-electron chi connectivity index (χ1n) is 6.43. The van der Waals surface area contributed by atoms with Crippen LogP contribution in [-0.2, 0) is 17.6 Å². The van der Waals surface area contributed by atoms with Gasteiger partial charge in [-0.1, -0.05) is 24.3 Å². The van der Waals surface area contributed by atoms with E-state index >= 15 is 0 Å². The van der Waals surface area contributed by atoms with Crippen molar-refractivity contribution >= 4 is 12.0 Å². The van der Waals surface area contributed by atoms with Crippen LogP contribution in [0.1, 0.15) is 24.5 Å². The highest BCUT2D eigenvalue weighted by Crippen LogP contribution is 2.20. The van der Waals surface area contributed by atoms with Gasteiger partial charge in [0, 0.05) is 6.04 Å². The van der Waals surface area contributed by atoms with E-state index in [1.54, 1.807) is 0 Å². The highest BCUT2D eigenvalue weighted by atomic mass is 16.4. The second kappa shape index (κ2) is 5.73. The number of carbonyl (C=O) groups is 2. The molecule has 1 aromatic rings. The van der Waals surface area contributed by atoms with Crippen LogP contribution < -0.4 is 10.6 Å². The average molecular weight is 262 g/mol. The minimum Gasteiger partial charge on any atom is -0.480 e. The highest BCUT2D eigenvalue weighted by molar-refractivity contribution is 5.82. The maximum absolute atomic E-state index is 11.7. The zero-order valence-corrected chi connectivity index (χ0v) is 10.8. The highest BCUT2D eigenvalue weighted by Gasteiger charge is 2.21. The Hall–Kier alpha value is -2.04. The molecule has 1 aromatic carbocycles. The molecule has 0 saturated heterocycles. The van der Waals surface area contributed by atoms with E-state index in [9.17, 15) is 9.59 Å². The van der Waals surface area contributed by atoms with Crippen molar-refractivity contribution in [3.05, 3.63) is 35.4 Å². The number of aryl methyl sites for hydroxylation is 1. The summed E-state index contributed by atoms with van der Waals surface area (Å²) in [7, 11) is 0. The van der Waals surface area contributed by atoms with Gasteiger partial charge in [0.25, 0.3) is 0 Å². The van der Waals surface area contributed by atoms with Gasteiger partial charge < -0.3 is 15.7 Å². The van der Waals surface area contributed by atoms with Gasteiger partial charge in [-0.3, -0.25) is 4.79 Å². The number of carbonyl (C=O) groups excluding carboxylic acids is 1. The third-order valence-electron chi connectivity index (χ3n) is 3.40. The Morgan fingerprint density at radius 2 is 2.00 bits per heavy atom. The molecule has 1 aliphatic rings. The molecule has 3 N–H and O–H groups in total. The predicted octanol–water partition coefficient (Wildman–Crippen LogP) is 1.32. The zero-order chi connectivity index (χ0) is 13.8. The summed E-state index contributed by atoms with van der Waals surface area (Å²) in [6.07, 6.45) is 2.62. The van der Waals surface area contributed by atoms with Crippen LogP contribution in [-0.4, -0.2) is 29.2 Å². The molecule has 0 aromatic heterocycles. The van der Waals surface area contributed by atoms with Gasteiger partial charge in [-0.25, -0.2) is 4.79 Å². The van der Waals surface area contributed by atoms with Crippen LogP contribution in [0.5, 0.6) is 0 Å². The average Bonchev–Trinajstić information content (AvgIpc) is 2.38. The molecule has 102 valence electrons. The van der Waals surface area contributed by atoms with Gasteiger partial charge in [-0.2, -0.15) is 0 Å². The molecule has 5 heteroatoms. The van der Waals surface area contributed by atoms with Crippen LogP contribution in [0, 0.1) is 0 Å². The summed E-state index contributed by atoms with van der Waals surface area (Å²) in [6.45, 7) is 1.44. The molecular weight excluding hydrogens is 244 g/mol. The van der Waals surface area contributed by atoms with Crippen LogP contribution in [0.25, 0.3) is 0 Å². The van der Waals surface area contributed by atoms with Gasteiger partial charge in [0.05, 0.1) is 0 Å². The number of hydrogen-bond donors (Lipinski definition) is 3. The van der Waals surface area contributed by atoms with E-state index in [4.69, 9.17) is 5.11 Å². The summed E-state index contributed by atoms with van der Waals surface area (Å²) in [5, 5.41) is 14.0. The lowest BCUT2D eigenvalue weighted by Gasteiger charge is -2.25. The summed E-state index contributed by atoms with van der Waals surface area (Å²) >= 11 is 0. The van der Waals surface area contributed by atoms with Gasteiger partial charge in [0.2, 0.25) is 0 Å². The number of aliphatic carboxylic acids is 1. The molecule has 0 fully saturated rings. The third-order valence-corrected chi connectivity index (χ3v) is 3.40. The van der Waals surface area contributed by atoms with Crippen LogP contribution in [0.2, 0.25) is 0 Å². The number of amides is 2. The third kappa shape index (κ3) is 3.47. The number of carboxylic acids is 1. The molecule has 0 heterocycles. The first-order valence-corrected chi connectivity index (χ1v) is 6.43.